The number of hydrogen-bond donors (Lipinski definition) is 1. The molecule has 0 heterocycles. The van der Waals surface area contributed by atoms with Gasteiger partial charge in [-0.25, -0.2) is 0 Å². The summed E-state index contributed by atoms with van der Waals surface area (Å²) >= 11 is 0. The number of benzene rings is 1. The van der Waals surface area contributed by atoms with E-state index in [1.807, 2.05) is 24.3 Å². The molecule has 1 rings (SSSR count). The Morgan fingerprint density at radius 3 is 2.93 bits per heavy atom. The van der Waals surface area contributed by atoms with Gasteiger partial charge in [0.25, 0.3) is 0 Å². The number of aliphatic hydroxyl groups excluding tert-OH is 1. The van der Waals surface area contributed by atoms with Crippen molar-refractivity contribution in [3.8, 4) is 6.07 Å². The predicted octanol–water partition coefficient (Wildman–Crippen LogP) is 2.75. The Hall–Kier alpha value is -1.59. The highest BCUT2D eigenvalue weighted by molar-refractivity contribution is 5.29. The smallest absolute Gasteiger partial charge is 0.165 e. The van der Waals surface area contributed by atoms with Gasteiger partial charge in [0.1, 0.15) is 0 Å². The normalized spacial score (nSPS) is 12.6. The van der Waals surface area contributed by atoms with Crippen LogP contribution in [0.5, 0.6) is 0 Å². The molecular weight excluding hydrogens is 186 g/mol. The summed E-state index contributed by atoms with van der Waals surface area (Å²) in [5.41, 5.74) is 1.78. The second-order valence-electron chi connectivity index (χ2n) is 3.36. The molecule has 0 aliphatic rings. The third kappa shape index (κ3) is 3.57. The first-order valence-corrected chi connectivity index (χ1v) is 5.09. The van der Waals surface area contributed by atoms with Gasteiger partial charge in [0, 0.05) is 0 Å². The van der Waals surface area contributed by atoms with Gasteiger partial charge in [0.05, 0.1) is 6.07 Å². The molecule has 0 aromatic heterocycles. The van der Waals surface area contributed by atoms with Crippen LogP contribution in [0.25, 0.3) is 0 Å². The molecule has 0 radical (unpaired) electrons. The summed E-state index contributed by atoms with van der Waals surface area (Å²) in [5, 5.41) is 17.9. The van der Waals surface area contributed by atoms with Crippen molar-refractivity contribution in [2.24, 2.45) is 0 Å². The minimum Gasteiger partial charge on any atom is -0.374 e. The van der Waals surface area contributed by atoms with Crippen LogP contribution in [0.15, 0.2) is 36.4 Å². The van der Waals surface area contributed by atoms with Gasteiger partial charge in [-0.15, -0.1) is 0 Å². The SMILES string of the molecule is CCC=CCc1cccc(C(O)C#N)c1. The Morgan fingerprint density at radius 1 is 1.47 bits per heavy atom. The van der Waals surface area contributed by atoms with E-state index in [2.05, 4.69) is 19.1 Å². The second-order valence-corrected chi connectivity index (χ2v) is 3.36. The van der Waals surface area contributed by atoms with Crippen molar-refractivity contribution in [1.82, 2.24) is 0 Å². The second kappa shape index (κ2) is 6.00. The van der Waals surface area contributed by atoms with E-state index in [0.717, 1.165) is 18.4 Å². The maximum atomic E-state index is 9.35. The lowest BCUT2D eigenvalue weighted by Gasteiger charge is -2.03. The molecule has 0 bridgehead atoms. The van der Waals surface area contributed by atoms with Crippen LogP contribution in [-0.4, -0.2) is 5.11 Å². The van der Waals surface area contributed by atoms with E-state index >= 15 is 0 Å². The Morgan fingerprint density at radius 2 is 2.27 bits per heavy atom. The highest BCUT2D eigenvalue weighted by Gasteiger charge is 2.04. The Bertz CT molecular complexity index is 376. The molecule has 0 spiro atoms. The fourth-order valence-electron chi connectivity index (χ4n) is 1.35. The van der Waals surface area contributed by atoms with Gasteiger partial charge in [-0.2, -0.15) is 5.26 Å². The molecule has 0 amide bonds. The van der Waals surface area contributed by atoms with E-state index in [1.54, 1.807) is 6.07 Å². The molecule has 1 aromatic rings. The summed E-state index contributed by atoms with van der Waals surface area (Å²) in [5.74, 6) is 0. The van der Waals surface area contributed by atoms with Crippen LogP contribution in [0, 0.1) is 11.3 Å². The monoisotopic (exact) mass is 201 g/mol. The molecule has 1 N–H and O–H groups in total. The molecule has 1 unspecified atom stereocenters. The van der Waals surface area contributed by atoms with Gasteiger partial charge >= 0.3 is 0 Å². The van der Waals surface area contributed by atoms with E-state index in [0.29, 0.717) is 5.56 Å². The molecule has 0 saturated carbocycles. The molecular formula is C13H15NO. The van der Waals surface area contributed by atoms with Crippen molar-refractivity contribution in [2.75, 3.05) is 0 Å². The fourth-order valence-corrected chi connectivity index (χ4v) is 1.35. The lowest BCUT2D eigenvalue weighted by Crippen LogP contribution is -1.94. The zero-order valence-corrected chi connectivity index (χ0v) is 8.85. The Labute approximate surface area is 90.5 Å². The molecule has 1 atom stereocenters. The molecule has 15 heavy (non-hydrogen) atoms. The van der Waals surface area contributed by atoms with E-state index in [-0.39, 0.29) is 0 Å². The summed E-state index contributed by atoms with van der Waals surface area (Å²) < 4.78 is 0. The minimum absolute atomic E-state index is 0.667. The molecule has 0 aliphatic heterocycles. The van der Waals surface area contributed by atoms with Crippen molar-refractivity contribution >= 4 is 0 Å². The number of allylic oxidation sites excluding steroid dienone is 2. The largest absolute Gasteiger partial charge is 0.374 e. The maximum absolute atomic E-state index is 9.35. The van der Waals surface area contributed by atoms with Crippen LogP contribution in [0.2, 0.25) is 0 Å². The highest BCUT2D eigenvalue weighted by atomic mass is 16.3. The summed E-state index contributed by atoms with van der Waals surface area (Å²) in [7, 11) is 0. The number of hydrogen-bond acceptors (Lipinski definition) is 2. The molecule has 0 fully saturated rings. The first-order chi connectivity index (χ1) is 7.27. The number of rotatable bonds is 4. The first-order valence-electron chi connectivity index (χ1n) is 5.09. The zero-order valence-electron chi connectivity index (χ0n) is 8.85. The number of nitriles is 1. The average molecular weight is 201 g/mol. The molecule has 0 aliphatic carbocycles. The van der Waals surface area contributed by atoms with Crippen molar-refractivity contribution in [2.45, 2.75) is 25.9 Å². The van der Waals surface area contributed by atoms with Gasteiger partial charge in [0.2, 0.25) is 0 Å². The third-order valence-electron chi connectivity index (χ3n) is 2.14. The minimum atomic E-state index is -1.01. The van der Waals surface area contributed by atoms with E-state index < -0.39 is 6.10 Å². The van der Waals surface area contributed by atoms with Crippen molar-refractivity contribution < 1.29 is 5.11 Å². The van der Waals surface area contributed by atoms with Crippen molar-refractivity contribution in [1.29, 1.82) is 5.26 Å². The first kappa shape index (κ1) is 11.5. The molecule has 78 valence electrons. The average Bonchev–Trinajstić information content (AvgIpc) is 2.29. The topological polar surface area (TPSA) is 44.0 Å². The molecule has 2 heteroatoms. The van der Waals surface area contributed by atoms with Crippen LogP contribution < -0.4 is 0 Å². The van der Waals surface area contributed by atoms with Crippen molar-refractivity contribution in [3.05, 3.63) is 47.5 Å². The maximum Gasteiger partial charge on any atom is 0.165 e. The van der Waals surface area contributed by atoms with E-state index in [4.69, 9.17) is 5.26 Å². The molecule has 2 nitrogen and oxygen atoms in total. The number of nitrogens with zero attached hydrogens (tertiary/aromatic N) is 1. The predicted molar refractivity (Wildman–Crippen MR) is 60.1 cm³/mol. The quantitative estimate of drug-likeness (QED) is 0.601. The third-order valence-corrected chi connectivity index (χ3v) is 2.14. The van der Waals surface area contributed by atoms with Crippen LogP contribution in [0.3, 0.4) is 0 Å². The van der Waals surface area contributed by atoms with Gasteiger partial charge in [0.15, 0.2) is 6.10 Å². The van der Waals surface area contributed by atoms with Gasteiger partial charge in [-0.1, -0.05) is 43.3 Å². The molecule has 1 aromatic carbocycles. The summed E-state index contributed by atoms with van der Waals surface area (Å²) in [6.45, 7) is 2.09. The lowest BCUT2D eigenvalue weighted by molar-refractivity contribution is 0.236. The summed E-state index contributed by atoms with van der Waals surface area (Å²) in [6.07, 6.45) is 5.06. The standard InChI is InChI=1S/C13H15NO/c1-2-3-4-6-11-7-5-8-12(9-11)13(15)10-14/h3-5,7-9,13,15H,2,6H2,1H3. The van der Waals surface area contributed by atoms with Crippen LogP contribution in [0.1, 0.15) is 30.6 Å². The van der Waals surface area contributed by atoms with Gasteiger partial charge in [-0.05, 0) is 24.0 Å². The summed E-state index contributed by atoms with van der Waals surface area (Å²) in [6, 6.07) is 9.31. The van der Waals surface area contributed by atoms with E-state index in [1.165, 1.54) is 0 Å². The fraction of sp³-hybridized carbons (Fsp3) is 0.308. The van der Waals surface area contributed by atoms with Crippen LogP contribution in [0.4, 0.5) is 0 Å². The van der Waals surface area contributed by atoms with Crippen LogP contribution in [-0.2, 0) is 6.42 Å². The Balaban J connectivity index is 2.75. The van der Waals surface area contributed by atoms with Gasteiger partial charge in [-0.3, -0.25) is 0 Å². The van der Waals surface area contributed by atoms with Crippen LogP contribution >= 0.6 is 0 Å². The lowest BCUT2D eigenvalue weighted by atomic mass is 10.0. The Kier molecular flexibility index (Phi) is 4.59. The zero-order chi connectivity index (χ0) is 11.1. The highest BCUT2D eigenvalue weighted by Crippen LogP contribution is 2.14. The van der Waals surface area contributed by atoms with Gasteiger partial charge < -0.3 is 5.11 Å². The number of aliphatic hydroxyl groups is 1. The van der Waals surface area contributed by atoms with Crippen molar-refractivity contribution in [3.63, 3.8) is 0 Å². The molecule has 0 saturated heterocycles. The summed E-state index contributed by atoms with van der Waals surface area (Å²) in [4.78, 5) is 0. The van der Waals surface area contributed by atoms with E-state index in [9.17, 15) is 5.11 Å².